The fourth-order valence-electron chi connectivity index (χ4n) is 2.82. The summed E-state index contributed by atoms with van der Waals surface area (Å²) in [5.41, 5.74) is 1.35. The fourth-order valence-corrected chi connectivity index (χ4v) is 2.82. The second-order valence-electron chi connectivity index (χ2n) is 6.05. The molecule has 0 saturated heterocycles. The Balaban J connectivity index is 1.38. The first kappa shape index (κ1) is 17.4. The molecular formula is C20H15N3O5. The van der Waals surface area contributed by atoms with E-state index in [-0.39, 0.29) is 18.0 Å². The molecule has 4 rings (SSSR count). The summed E-state index contributed by atoms with van der Waals surface area (Å²) < 4.78 is 16.0. The number of nitrogens with one attached hydrogen (secondary N) is 2. The van der Waals surface area contributed by atoms with Gasteiger partial charge < -0.3 is 24.8 Å². The molecule has 1 atom stereocenters. The molecule has 28 heavy (non-hydrogen) atoms. The van der Waals surface area contributed by atoms with Crippen LogP contribution in [0.4, 0.5) is 11.4 Å². The van der Waals surface area contributed by atoms with Gasteiger partial charge in [0, 0.05) is 0 Å². The fraction of sp³-hybridized carbons (Fsp3) is 0.150. The SMILES string of the molecule is N#CC(C(=O)COC(=O)C1COc2ccccc2O1)=C1Nc2ccccc2N1. The van der Waals surface area contributed by atoms with Crippen LogP contribution in [0.3, 0.4) is 0 Å². The summed E-state index contributed by atoms with van der Waals surface area (Å²) in [6.45, 7) is -0.596. The molecule has 0 radical (unpaired) electrons. The molecule has 2 aliphatic heterocycles. The molecule has 0 aromatic heterocycles. The van der Waals surface area contributed by atoms with Crippen molar-refractivity contribution in [2.24, 2.45) is 0 Å². The number of benzene rings is 2. The van der Waals surface area contributed by atoms with Gasteiger partial charge in [0.15, 0.2) is 18.1 Å². The van der Waals surface area contributed by atoms with Crippen molar-refractivity contribution in [3.05, 3.63) is 59.9 Å². The molecule has 2 aromatic carbocycles. The van der Waals surface area contributed by atoms with Crippen molar-refractivity contribution >= 4 is 23.1 Å². The number of carbonyl (C=O) groups is 2. The highest BCUT2D eigenvalue weighted by Crippen LogP contribution is 2.32. The summed E-state index contributed by atoms with van der Waals surface area (Å²) in [5, 5.41) is 15.3. The Bertz CT molecular complexity index is 997. The van der Waals surface area contributed by atoms with E-state index in [1.165, 1.54) is 0 Å². The normalized spacial score (nSPS) is 16.1. The van der Waals surface area contributed by atoms with E-state index in [4.69, 9.17) is 14.2 Å². The second-order valence-corrected chi connectivity index (χ2v) is 6.05. The van der Waals surface area contributed by atoms with E-state index >= 15 is 0 Å². The van der Waals surface area contributed by atoms with Crippen molar-refractivity contribution in [1.82, 2.24) is 0 Å². The summed E-state index contributed by atoms with van der Waals surface area (Å²) in [4.78, 5) is 24.6. The number of fused-ring (bicyclic) bond motifs is 2. The first-order chi connectivity index (χ1) is 13.7. The number of anilines is 2. The molecule has 1 unspecified atom stereocenters. The number of hydrogen-bond acceptors (Lipinski definition) is 8. The average Bonchev–Trinajstić information content (AvgIpc) is 3.15. The van der Waals surface area contributed by atoms with Gasteiger partial charge in [-0.25, -0.2) is 4.79 Å². The van der Waals surface area contributed by atoms with E-state index in [9.17, 15) is 14.9 Å². The van der Waals surface area contributed by atoms with Crippen LogP contribution in [0, 0.1) is 11.3 Å². The largest absolute Gasteiger partial charge is 0.485 e. The minimum Gasteiger partial charge on any atom is -0.485 e. The van der Waals surface area contributed by atoms with Crippen LogP contribution < -0.4 is 20.1 Å². The second kappa shape index (κ2) is 7.32. The maximum atomic E-state index is 12.4. The van der Waals surface area contributed by atoms with Crippen LogP contribution in [0.2, 0.25) is 0 Å². The number of ketones is 1. The Morgan fingerprint density at radius 1 is 1.07 bits per heavy atom. The third kappa shape index (κ3) is 3.33. The molecule has 0 amide bonds. The highest BCUT2D eigenvalue weighted by Gasteiger charge is 2.30. The van der Waals surface area contributed by atoms with Crippen molar-refractivity contribution in [3.8, 4) is 17.6 Å². The molecule has 0 fully saturated rings. The Hall–Kier alpha value is -3.99. The molecule has 0 bridgehead atoms. The van der Waals surface area contributed by atoms with E-state index in [1.54, 1.807) is 24.3 Å². The van der Waals surface area contributed by atoms with Gasteiger partial charge in [0.2, 0.25) is 11.9 Å². The van der Waals surface area contributed by atoms with Crippen LogP contribution in [-0.2, 0) is 14.3 Å². The molecule has 0 saturated carbocycles. The van der Waals surface area contributed by atoms with Crippen LogP contribution >= 0.6 is 0 Å². The quantitative estimate of drug-likeness (QED) is 0.474. The van der Waals surface area contributed by atoms with Crippen LogP contribution in [0.5, 0.6) is 11.5 Å². The molecule has 8 heteroatoms. The van der Waals surface area contributed by atoms with Crippen LogP contribution in [0.1, 0.15) is 0 Å². The van der Waals surface area contributed by atoms with Gasteiger partial charge in [-0.1, -0.05) is 24.3 Å². The predicted octanol–water partition coefficient (Wildman–Crippen LogP) is 2.21. The maximum Gasteiger partial charge on any atom is 0.351 e. The summed E-state index contributed by atoms with van der Waals surface area (Å²) in [6.07, 6.45) is -0.979. The summed E-state index contributed by atoms with van der Waals surface area (Å²) in [6, 6.07) is 16.1. The van der Waals surface area contributed by atoms with Crippen LogP contribution in [-0.4, -0.2) is 31.1 Å². The van der Waals surface area contributed by atoms with Crippen LogP contribution in [0.25, 0.3) is 0 Å². The van der Waals surface area contributed by atoms with Gasteiger partial charge in [-0.3, -0.25) is 4.79 Å². The molecule has 0 aliphatic carbocycles. The number of nitrogens with zero attached hydrogens (tertiary/aromatic N) is 1. The molecule has 2 aromatic rings. The molecule has 2 heterocycles. The zero-order valence-electron chi connectivity index (χ0n) is 14.6. The zero-order valence-corrected chi connectivity index (χ0v) is 14.6. The van der Waals surface area contributed by atoms with Gasteiger partial charge in [0.05, 0.1) is 11.4 Å². The van der Waals surface area contributed by atoms with Gasteiger partial charge >= 0.3 is 5.97 Å². The number of nitriles is 1. The topological polar surface area (TPSA) is 110 Å². The molecule has 2 aliphatic rings. The maximum absolute atomic E-state index is 12.4. The standard InChI is InChI=1S/C20H15N3O5/c21-9-12(19-22-13-5-1-2-6-14(13)23-19)15(24)10-27-20(25)18-11-26-16-7-3-4-8-17(16)28-18/h1-8,18,22-23H,10-11H2. The molecule has 0 spiro atoms. The van der Waals surface area contributed by atoms with E-state index in [1.807, 2.05) is 30.3 Å². The van der Waals surface area contributed by atoms with E-state index in [0.29, 0.717) is 11.5 Å². The Kier molecular flexibility index (Phi) is 4.56. The number of Topliss-reactive ketones (excluding diaryl/α,β-unsaturated/α-hetero) is 1. The molecule has 8 nitrogen and oxygen atoms in total. The highest BCUT2D eigenvalue weighted by molar-refractivity contribution is 6.03. The number of ether oxygens (including phenoxy) is 3. The van der Waals surface area contributed by atoms with E-state index < -0.39 is 24.5 Å². The summed E-state index contributed by atoms with van der Waals surface area (Å²) >= 11 is 0. The van der Waals surface area contributed by atoms with Gasteiger partial charge in [0.1, 0.15) is 24.1 Å². The predicted molar refractivity (Wildman–Crippen MR) is 98.6 cm³/mol. The Morgan fingerprint density at radius 3 is 2.39 bits per heavy atom. The van der Waals surface area contributed by atoms with Crippen molar-refractivity contribution in [2.75, 3.05) is 23.8 Å². The summed E-state index contributed by atoms with van der Waals surface area (Å²) in [5.74, 6) is -0.136. The van der Waals surface area contributed by atoms with Crippen molar-refractivity contribution in [3.63, 3.8) is 0 Å². The lowest BCUT2D eigenvalue weighted by atomic mass is 10.2. The van der Waals surface area contributed by atoms with Crippen LogP contribution in [0.15, 0.2) is 59.9 Å². The van der Waals surface area contributed by atoms with E-state index in [2.05, 4.69) is 10.6 Å². The lowest BCUT2D eigenvalue weighted by molar-refractivity contribution is -0.156. The first-order valence-electron chi connectivity index (χ1n) is 8.51. The summed E-state index contributed by atoms with van der Waals surface area (Å²) in [7, 11) is 0. The zero-order chi connectivity index (χ0) is 19.5. The number of esters is 1. The van der Waals surface area contributed by atoms with Gasteiger partial charge in [0.25, 0.3) is 0 Å². The third-order valence-electron chi connectivity index (χ3n) is 4.20. The number of carbonyl (C=O) groups excluding carboxylic acids is 2. The van der Waals surface area contributed by atoms with Gasteiger partial charge in [-0.15, -0.1) is 0 Å². The molecular weight excluding hydrogens is 362 g/mol. The lowest BCUT2D eigenvalue weighted by Gasteiger charge is -2.24. The van der Waals surface area contributed by atoms with Gasteiger partial charge in [-0.05, 0) is 24.3 Å². The minimum absolute atomic E-state index is 0.0192. The van der Waals surface area contributed by atoms with Gasteiger partial charge in [-0.2, -0.15) is 5.26 Å². The first-order valence-corrected chi connectivity index (χ1v) is 8.51. The minimum atomic E-state index is -0.979. The van der Waals surface area contributed by atoms with Crippen molar-refractivity contribution in [1.29, 1.82) is 5.26 Å². The monoisotopic (exact) mass is 377 g/mol. The molecule has 2 N–H and O–H groups in total. The highest BCUT2D eigenvalue weighted by atomic mass is 16.6. The van der Waals surface area contributed by atoms with Crippen molar-refractivity contribution in [2.45, 2.75) is 6.10 Å². The Morgan fingerprint density at radius 2 is 1.71 bits per heavy atom. The smallest absolute Gasteiger partial charge is 0.351 e. The number of rotatable bonds is 4. The van der Waals surface area contributed by atoms with Crippen molar-refractivity contribution < 1.29 is 23.8 Å². The Labute approximate surface area is 160 Å². The lowest BCUT2D eigenvalue weighted by Crippen LogP contribution is -2.38. The van der Waals surface area contributed by atoms with E-state index in [0.717, 1.165) is 11.4 Å². The number of hydrogen-bond donors (Lipinski definition) is 2. The number of para-hydroxylation sites is 4. The molecule has 140 valence electrons. The third-order valence-corrected chi connectivity index (χ3v) is 4.20. The average molecular weight is 377 g/mol.